The van der Waals surface area contributed by atoms with Gasteiger partial charge < -0.3 is 10.3 Å². The number of aromatic nitrogens is 2. The standard InChI is InChI=1S/C11H13N3O/c1-8-7-13(2)11(15)14(8)10-5-3-9(12)4-6-10/h3-7H,12H2,1-2H3. The van der Waals surface area contributed by atoms with E-state index in [0.717, 1.165) is 11.4 Å². The highest BCUT2D eigenvalue weighted by molar-refractivity contribution is 5.45. The van der Waals surface area contributed by atoms with Crippen LogP contribution in [0.5, 0.6) is 0 Å². The maximum Gasteiger partial charge on any atom is 0.332 e. The zero-order chi connectivity index (χ0) is 11.0. The molecule has 0 aliphatic carbocycles. The van der Waals surface area contributed by atoms with Gasteiger partial charge in [0.25, 0.3) is 0 Å². The quantitative estimate of drug-likeness (QED) is 0.705. The molecule has 15 heavy (non-hydrogen) atoms. The second-order valence-electron chi connectivity index (χ2n) is 3.59. The van der Waals surface area contributed by atoms with E-state index in [9.17, 15) is 4.79 Å². The first-order valence-corrected chi connectivity index (χ1v) is 4.70. The van der Waals surface area contributed by atoms with Crippen LogP contribution in [0, 0.1) is 6.92 Å². The molecule has 2 aromatic rings. The van der Waals surface area contributed by atoms with E-state index >= 15 is 0 Å². The van der Waals surface area contributed by atoms with Gasteiger partial charge >= 0.3 is 5.69 Å². The van der Waals surface area contributed by atoms with Gasteiger partial charge in [-0.05, 0) is 31.2 Å². The Morgan fingerprint density at radius 3 is 2.27 bits per heavy atom. The fourth-order valence-corrected chi connectivity index (χ4v) is 1.64. The Bertz CT molecular complexity index is 534. The van der Waals surface area contributed by atoms with E-state index in [-0.39, 0.29) is 5.69 Å². The fourth-order valence-electron chi connectivity index (χ4n) is 1.64. The Morgan fingerprint density at radius 2 is 1.80 bits per heavy atom. The molecule has 4 heteroatoms. The summed E-state index contributed by atoms with van der Waals surface area (Å²) >= 11 is 0. The van der Waals surface area contributed by atoms with Gasteiger partial charge in [-0.2, -0.15) is 0 Å². The van der Waals surface area contributed by atoms with Crippen molar-refractivity contribution in [1.29, 1.82) is 0 Å². The number of imidazole rings is 1. The summed E-state index contributed by atoms with van der Waals surface area (Å²) in [7, 11) is 1.74. The number of anilines is 1. The van der Waals surface area contributed by atoms with Crippen LogP contribution in [0.3, 0.4) is 0 Å². The number of aryl methyl sites for hydroxylation is 2. The van der Waals surface area contributed by atoms with Crippen LogP contribution in [0.25, 0.3) is 5.69 Å². The van der Waals surface area contributed by atoms with Crippen molar-refractivity contribution in [2.45, 2.75) is 6.92 Å². The summed E-state index contributed by atoms with van der Waals surface area (Å²) in [5, 5.41) is 0. The number of hydrogen-bond donors (Lipinski definition) is 1. The van der Waals surface area contributed by atoms with Crippen LogP contribution in [0.4, 0.5) is 5.69 Å². The smallest absolute Gasteiger partial charge is 0.332 e. The Labute approximate surface area is 87.6 Å². The molecular weight excluding hydrogens is 190 g/mol. The van der Waals surface area contributed by atoms with Crippen LogP contribution in [-0.4, -0.2) is 9.13 Å². The molecule has 0 saturated carbocycles. The van der Waals surface area contributed by atoms with Gasteiger partial charge in [0.15, 0.2) is 0 Å². The largest absolute Gasteiger partial charge is 0.399 e. The van der Waals surface area contributed by atoms with Gasteiger partial charge in [0.05, 0.1) is 5.69 Å². The molecule has 0 amide bonds. The highest BCUT2D eigenvalue weighted by atomic mass is 16.1. The van der Waals surface area contributed by atoms with Crippen molar-refractivity contribution in [3.05, 3.63) is 46.6 Å². The van der Waals surface area contributed by atoms with Gasteiger partial charge in [0.1, 0.15) is 0 Å². The van der Waals surface area contributed by atoms with Gasteiger partial charge in [-0.3, -0.25) is 4.57 Å². The minimum Gasteiger partial charge on any atom is -0.399 e. The van der Waals surface area contributed by atoms with Crippen molar-refractivity contribution >= 4 is 5.69 Å². The molecule has 1 aromatic heterocycles. The number of nitrogen functional groups attached to an aromatic ring is 1. The van der Waals surface area contributed by atoms with Crippen molar-refractivity contribution < 1.29 is 0 Å². The van der Waals surface area contributed by atoms with E-state index in [1.807, 2.05) is 19.1 Å². The molecule has 0 bridgehead atoms. The van der Waals surface area contributed by atoms with E-state index in [4.69, 9.17) is 5.73 Å². The van der Waals surface area contributed by atoms with Gasteiger partial charge in [-0.25, -0.2) is 4.79 Å². The van der Waals surface area contributed by atoms with Crippen molar-refractivity contribution in [3.63, 3.8) is 0 Å². The average Bonchev–Trinajstić information content (AvgIpc) is 2.44. The predicted octanol–water partition coefficient (Wildman–Crippen LogP) is 1.07. The van der Waals surface area contributed by atoms with Gasteiger partial charge in [0.2, 0.25) is 0 Å². The Morgan fingerprint density at radius 1 is 1.20 bits per heavy atom. The van der Waals surface area contributed by atoms with Gasteiger partial charge in [-0.1, -0.05) is 0 Å². The lowest BCUT2D eigenvalue weighted by atomic mass is 10.3. The third-order valence-electron chi connectivity index (χ3n) is 2.38. The molecule has 4 nitrogen and oxygen atoms in total. The monoisotopic (exact) mass is 203 g/mol. The molecular formula is C11H13N3O. The second-order valence-corrected chi connectivity index (χ2v) is 3.59. The van der Waals surface area contributed by atoms with E-state index in [2.05, 4.69) is 0 Å². The molecule has 0 unspecified atom stereocenters. The number of benzene rings is 1. The summed E-state index contributed by atoms with van der Waals surface area (Å²) in [5.74, 6) is 0. The van der Waals surface area contributed by atoms with Gasteiger partial charge in [0, 0.05) is 24.6 Å². The highest BCUT2D eigenvalue weighted by Gasteiger charge is 2.06. The second kappa shape index (κ2) is 3.31. The van der Waals surface area contributed by atoms with Crippen LogP contribution in [-0.2, 0) is 7.05 Å². The average molecular weight is 203 g/mol. The Kier molecular flexibility index (Phi) is 2.11. The molecule has 1 aromatic carbocycles. The SMILES string of the molecule is Cc1cn(C)c(=O)n1-c1ccc(N)cc1. The fraction of sp³-hybridized carbons (Fsp3) is 0.182. The van der Waals surface area contributed by atoms with E-state index in [0.29, 0.717) is 5.69 Å². The third kappa shape index (κ3) is 1.54. The van der Waals surface area contributed by atoms with Crippen LogP contribution >= 0.6 is 0 Å². The van der Waals surface area contributed by atoms with Crippen molar-refractivity contribution in [2.75, 3.05) is 5.73 Å². The normalized spacial score (nSPS) is 10.5. The highest BCUT2D eigenvalue weighted by Crippen LogP contribution is 2.10. The summed E-state index contributed by atoms with van der Waals surface area (Å²) in [6, 6.07) is 7.25. The lowest BCUT2D eigenvalue weighted by Gasteiger charge is -2.03. The number of hydrogen-bond acceptors (Lipinski definition) is 2. The van der Waals surface area contributed by atoms with E-state index in [1.54, 1.807) is 34.5 Å². The summed E-state index contributed by atoms with van der Waals surface area (Å²) in [6.45, 7) is 1.90. The van der Waals surface area contributed by atoms with Gasteiger partial charge in [-0.15, -0.1) is 0 Å². The van der Waals surface area contributed by atoms with Crippen molar-refractivity contribution in [2.24, 2.45) is 7.05 Å². The molecule has 2 rings (SSSR count). The zero-order valence-electron chi connectivity index (χ0n) is 8.77. The summed E-state index contributed by atoms with van der Waals surface area (Å²) in [5.41, 5.74) is 7.99. The zero-order valence-corrected chi connectivity index (χ0v) is 8.77. The van der Waals surface area contributed by atoms with Crippen LogP contribution in [0.1, 0.15) is 5.69 Å². The maximum atomic E-state index is 11.8. The van der Waals surface area contributed by atoms with Crippen molar-refractivity contribution in [1.82, 2.24) is 9.13 Å². The van der Waals surface area contributed by atoms with E-state index < -0.39 is 0 Å². The first kappa shape index (κ1) is 9.58. The summed E-state index contributed by atoms with van der Waals surface area (Å²) in [4.78, 5) is 11.8. The minimum atomic E-state index is -0.0442. The molecule has 0 aliphatic rings. The molecule has 78 valence electrons. The Balaban J connectivity index is 2.64. The molecule has 0 atom stereocenters. The van der Waals surface area contributed by atoms with Crippen LogP contribution in [0.2, 0.25) is 0 Å². The number of nitrogens with two attached hydrogens (primary N) is 1. The predicted molar refractivity (Wildman–Crippen MR) is 60.2 cm³/mol. The number of rotatable bonds is 1. The first-order valence-electron chi connectivity index (χ1n) is 4.70. The number of nitrogens with zero attached hydrogens (tertiary/aromatic N) is 2. The molecule has 1 heterocycles. The van der Waals surface area contributed by atoms with Crippen LogP contribution in [0.15, 0.2) is 35.3 Å². The topological polar surface area (TPSA) is 53.0 Å². The molecule has 0 radical (unpaired) electrons. The molecule has 2 N–H and O–H groups in total. The Hall–Kier alpha value is -1.97. The van der Waals surface area contributed by atoms with E-state index in [1.165, 1.54) is 0 Å². The minimum absolute atomic E-state index is 0.0442. The lowest BCUT2D eigenvalue weighted by Crippen LogP contribution is -2.21. The molecule has 0 spiro atoms. The first-order chi connectivity index (χ1) is 7.09. The summed E-state index contributed by atoms with van der Waals surface area (Å²) in [6.07, 6.45) is 1.80. The van der Waals surface area contributed by atoms with Crippen LogP contribution < -0.4 is 11.4 Å². The molecule has 0 saturated heterocycles. The summed E-state index contributed by atoms with van der Waals surface area (Å²) < 4.78 is 3.21. The molecule has 0 fully saturated rings. The van der Waals surface area contributed by atoms with Crippen molar-refractivity contribution in [3.8, 4) is 5.69 Å². The third-order valence-corrected chi connectivity index (χ3v) is 2.38. The molecule has 0 aliphatic heterocycles. The lowest BCUT2D eigenvalue weighted by molar-refractivity contribution is 0.821. The maximum absolute atomic E-state index is 11.8.